The maximum absolute atomic E-state index is 13.1. The van der Waals surface area contributed by atoms with Crippen LogP contribution in [0.15, 0.2) is 78.4 Å². The summed E-state index contributed by atoms with van der Waals surface area (Å²) in [7, 11) is 1.53. The molecule has 1 unspecified atom stereocenters. The maximum Gasteiger partial charge on any atom is 0.295 e. The second kappa shape index (κ2) is 10.8. The molecule has 3 aromatic rings. The van der Waals surface area contributed by atoms with Gasteiger partial charge in [-0.05, 0) is 53.9 Å². The van der Waals surface area contributed by atoms with Gasteiger partial charge in [-0.25, -0.2) is 0 Å². The predicted molar refractivity (Wildman–Crippen MR) is 134 cm³/mol. The van der Waals surface area contributed by atoms with Crippen molar-refractivity contribution in [3.8, 4) is 5.75 Å². The first kappa shape index (κ1) is 24.5. The number of benzene rings is 3. The van der Waals surface area contributed by atoms with Crippen LogP contribution in [0.2, 0.25) is 5.02 Å². The van der Waals surface area contributed by atoms with Crippen LogP contribution in [0.25, 0.3) is 5.76 Å². The van der Waals surface area contributed by atoms with E-state index in [1.54, 1.807) is 42.5 Å². The lowest BCUT2D eigenvalue weighted by Crippen LogP contribution is -2.32. The number of halogens is 1. The van der Waals surface area contributed by atoms with Gasteiger partial charge in [0.05, 0.1) is 18.2 Å². The molecule has 1 N–H and O–H groups in total. The van der Waals surface area contributed by atoms with Crippen LogP contribution >= 0.6 is 11.6 Å². The Kier molecular flexibility index (Phi) is 7.54. The van der Waals surface area contributed by atoms with Crippen molar-refractivity contribution in [3.05, 3.63) is 106 Å². The van der Waals surface area contributed by atoms with Gasteiger partial charge in [-0.1, -0.05) is 54.1 Å². The van der Waals surface area contributed by atoms with Crippen molar-refractivity contribution in [2.24, 2.45) is 0 Å². The Morgan fingerprint density at radius 1 is 1.03 bits per heavy atom. The number of methoxy groups -OCH3 is 1. The highest BCUT2D eigenvalue weighted by atomic mass is 35.5. The fraction of sp³-hybridized carbons (Fsp3) is 0.214. The van der Waals surface area contributed by atoms with E-state index >= 15 is 0 Å². The van der Waals surface area contributed by atoms with E-state index in [0.29, 0.717) is 28.5 Å². The molecule has 1 aliphatic heterocycles. The summed E-state index contributed by atoms with van der Waals surface area (Å²) in [6.07, 6.45) is 0. The van der Waals surface area contributed by atoms with Gasteiger partial charge in [0, 0.05) is 24.2 Å². The van der Waals surface area contributed by atoms with E-state index in [2.05, 4.69) is 0 Å². The van der Waals surface area contributed by atoms with Gasteiger partial charge in [0.15, 0.2) is 0 Å². The zero-order valence-electron chi connectivity index (χ0n) is 19.5. The van der Waals surface area contributed by atoms with Gasteiger partial charge in [0.2, 0.25) is 0 Å². The summed E-state index contributed by atoms with van der Waals surface area (Å²) in [5.41, 5.74) is 2.97. The Morgan fingerprint density at radius 3 is 2.40 bits per heavy atom. The number of hydrogen-bond acceptors (Lipinski definition) is 5. The van der Waals surface area contributed by atoms with Crippen LogP contribution in [0.3, 0.4) is 0 Å². The lowest BCUT2D eigenvalue weighted by atomic mass is 9.95. The largest absolute Gasteiger partial charge is 0.507 e. The van der Waals surface area contributed by atoms with E-state index in [-0.39, 0.29) is 24.5 Å². The predicted octanol–water partition coefficient (Wildman–Crippen LogP) is 5.30. The maximum atomic E-state index is 13.1. The fourth-order valence-electron chi connectivity index (χ4n) is 4.14. The fourth-order valence-corrected chi connectivity index (χ4v) is 4.27. The molecule has 1 fully saturated rings. The monoisotopic (exact) mass is 491 g/mol. The molecule has 0 aliphatic carbocycles. The summed E-state index contributed by atoms with van der Waals surface area (Å²) >= 11 is 6.05. The van der Waals surface area contributed by atoms with Crippen LogP contribution in [-0.4, -0.2) is 42.0 Å². The van der Waals surface area contributed by atoms with Crippen LogP contribution in [-0.2, 0) is 20.9 Å². The molecule has 3 aromatic carbocycles. The molecular formula is C28H26ClNO5. The highest BCUT2D eigenvalue weighted by Crippen LogP contribution is 2.40. The van der Waals surface area contributed by atoms with E-state index in [9.17, 15) is 14.7 Å². The highest BCUT2D eigenvalue weighted by Gasteiger charge is 2.45. The molecule has 0 bridgehead atoms. The molecular weight excluding hydrogens is 466 g/mol. The van der Waals surface area contributed by atoms with E-state index in [1.807, 2.05) is 37.3 Å². The van der Waals surface area contributed by atoms with E-state index in [4.69, 9.17) is 21.1 Å². The minimum absolute atomic E-state index is 0.0331. The first-order valence-corrected chi connectivity index (χ1v) is 11.6. The molecule has 0 spiro atoms. The molecule has 35 heavy (non-hydrogen) atoms. The van der Waals surface area contributed by atoms with Gasteiger partial charge in [0.25, 0.3) is 11.7 Å². The van der Waals surface area contributed by atoms with Gasteiger partial charge < -0.3 is 19.5 Å². The molecule has 180 valence electrons. The number of likely N-dealkylation sites (tertiary alicyclic amines) is 1. The van der Waals surface area contributed by atoms with Crippen molar-refractivity contribution in [2.75, 3.05) is 20.3 Å². The average Bonchev–Trinajstić information content (AvgIpc) is 3.12. The minimum Gasteiger partial charge on any atom is -0.507 e. The van der Waals surface area contributed by atoms with Gasteiger partial charge >= 0.3 is 0 Å². The highest BCUT2D eigenvalue weighted by molar-refractivity contribution is 6.46. The van der Waals surface area contributed by atoms with Crippen LogP contribution in [0.1, 0.15) is 28.3 Å². The van der Waals surface area contributed by atoms with Gasteiger partial charge in [-0.3, -0.25) is 9.59 Å². The van der Waals surface area contributed by atoms with Crippen molar-refractivity contribution >= 4 is 29.1 Å². The first-order valence-electron chi connectivity index (χ1n) is 11.2. The summed E-state index contributed by atoms with van der Waals surface area (Å²) in [5.74, 6) is -0.982. The number of nitrogens with zero attached hydrogens (tertiary/aromatic N) is 1. The lowest BCUT2D eigenvalue weighted by molar-refractivity contribution is -0.140. The third kappa shape index (κ3) is 5.24. The molecule has 1 aliphatic rings. The molecule has 0 saturated carbocycles. The number of Topliss-reactive ketones (excluding diaryl/α,β-unsaturated/α-hetero) is 1. The average molecular weight is 492 g/mol. The van der Waals surface area contributed by atoms with Crippen molar-refractivity contribution in [1.82, 2.24) is 4.90 Å². The second-order valence-electron chi connectivity index (χ2n) is 8.29. The van der Waals surface area contributed by atoms with E-state index in [0.717, 1.165) is 11.1 Å². The lowest BCUT2D eigenvalue weighted by Gasteiger charge is -2.25. The third-order valence-electron chi connectivity index (χ3n) is 5.95. The molecule has 0 aromatic heterocycles. The van der Waals surface area contributed by atoms with Crippen molar-refractivity contribution in [3.63, 3.8) is 0 Å². The van der Waals surface area contributed by atoms with Crippen molar-refractivity contribution < 1.29 is 24.2 Å². The topological polar surface area (TPSA) is 76.1 Å². The Morgan fingerprint density at radius 2 is 1.74 bits per heavy atom. The standard InChI is InChI=1S/C28H26ClNO5/c1-18-16-21(10-13-23(18)35-17-19-6-4-3-5-7-19)26(31)24-25(20-8-11-22(29)12-9-20)30(14-15-34-2)28(33)27(24)32/h3-13,16,25,31H,14-15,17H2,1-2H3/b26-24-. The molecule has 1 atom stereocenters. The van der Waals surface area contributed by atoms with Crippen LogP contribution in [0.4, 0.5) is 0 Å². The number of ether oxygens (including phenoxy) is 2. The number of ketones is 1. The Hall–Kier alpha value is -3.61. The zero-order valence-corrected chi connectivity index (χ0v) is 20.3. The number of aryl methyl sites for hydroxylation is 1. The number of carbonyl (C=O) groups is 2. The Balaban J connectivity index is 1.69. The van der Waals surface area contributed by atoms with E-state index in [1.165, 1.54) is 12.0 Å². The quantitative estimate of drug-likeness (QED) is 0.263. The van der Waals surface area contributed by atoms with Crippen LogP contribution < -0.4 is 4.74 Å². The number of aliphatic hydroxyl groups excluding tert-OH is 1. The first-order chi connectivity index (χ1) is 16.9. The molecule has 6 nitrogen and oxygen atoms in total. The van der Waals surface area contributed by atoms with Crippen molar-refractivity contribution in [1.29, 1.82) is 0 Å². The second-order valence-corrected chi connectivity index (χ2v) is 8.73. The molecule has 1 amide bonds. The number of carbonyl (C=O) groups excluding carboxylic acids is 2. The van der Waals surface area contributed by atoms with Gasteiger partial charge in [0.1, 0.15) is 18.1 Å². The summed E-state index contributed by atoms with van der Waals surface area (Å²) in [5, 5.41) is 11.8. The molecule has 4 rings (SSSR count). The number of rotatable bonds is 8. The van der Waals surface area contributed by atoms with Crippen molar-refractivity contribution in [2.45, 2.75) is 19.6 Å². The zero-order chi connectivity index (χ0) is 24.9. The van der Waals surface area contributed by atoms with Crippen LogP contribution in [0.5, 0.6) is 5.75 Å². The number of aliphatic hydroxyl groups is 1. The molecule has 1 heterocycles. The Labute approximate surface area is 209 Å². The Bertz CT molecular complexity index is 1250. The summed E-state index contributed by atoms with van der Waals surface area (Å²) in [4.78, 5) is 27.4. The normalized spacial score (nSPS) is 17.1. The smallest absolute Gasteiger partial charge is 0.295 e. The number of amides is 1. The van der Waals surface area contributed by atoms with Gasteiger partial charge in [-0.15, -0.1) is 0 Å². The third-order valence-corrected chi connectivity index (χ3v) is 6.20. The minimum atomic E-state index is -0.753. The van der Waals surface area contributed by atoms with Crippen LogP contribution in [0, 0.1) is 6.92 Å². The van der Waals surface area contributed by atoms with Gasteiger partial charge in [-0.2, -0.15) is 0 Å². The van der Waals surface area contributed by atoms with E-state index < -0.39 is 17.7 Å². The molecule has 0 radical (unpaired) electrons. The summed E-state index contributed by atoms with van der Waals surface area (Å²) in [6.45, 7) is 2.74. The number of hydrogen-bond donors (Lipinski definition) is 1. The molecule has 7 heteroatoms. The summed E-state index contributed by atoms with van der Waals surface area (Å²) in [6, 6.07) is 21.1. The SMILES string of the molecule is COCCN1C(=O)C(=O)/C(=C(\O)c2ccc(OCc3ccccc3)c(C)c2)C1c1ccc(Cl)cc1. The summed E-state index contributed by atoms with van der Waals surface area (Å²) < 4.78 is 11.1. The molecule has 1 saturated heterocycles.